The second-order valence-corrected chi connectivity index (χ2v) is 5.64. The zero-order valence-corrected chi connectivity index (χ0v) is 11.7. The summed E-state index contributed by atoms with van der Waals surface area (Å²) in [5.41, 5.74) is 7.80. The van der Waals surface area contributed by atoms with Crippen LogP contribution in [0.5, 0.6) is 0 Å². The van der Waals surface area contributed by atoms with Gasteiger partial charge in [0.1, 0.15) is 6.04 Å². The number of nitrogens with one attached hydrogen (secondary N) is 1. The Kier molecular flexibility index (Phi) is 4.83. The zero-order valence-electron chi connectivity index (χ0n) is 11.7. The molecule has 2 rings (SSSR count). The standard InChI is InChI=1S/C16H24N2O/c1-12-8-10-14(11-9-12)18-15(16(17)19)13-6-4-2-3-5-7-13/h8-11,13,15,18H,2-7H2,1H3,(H2,17,19). The van der Waals surface area contributed by atoms with E-state index in [1.807, 2.05) is 24.3 Å². The largest absolute Gasteiger partial charge is 0.373 e. The number of primary amides is 1. The fourth-order valence-corrected chi connectivity index (χ4v) is 2.89. The van der Waals surface area contributed by atoms with E-state index in [-0.39, 0.29) is 11.9 Å². The van der Waals surface area contributed by atoms with Gasteiger partial charge in [0, 0.05) is 5.69 Å². The Morgan fingerprint density at radius 2 is 1.74 bits per heavy atom. The van der Waals surface area contributed by atoms with Gasteiger partial charge in [0.05, 0.1) is 0 Å². The van der Waals surface area contributed by atoms with Crippen LogP contribution in [-0.4, -0.2) is 11.9 Å². The van der Waals surface area contributed by atoms with Crippen molar-refractivity contribution in [2.24, 2.45) is 11.7 Å². The third-order valence-electron chi connectivity index (χ3n) is 4.05. The number of nitrogens with two attached hydrogens (primary N) is 1. The maximum Gasteiger partial charge on any atom is 0.240 e. The van der Waals surface area contributed by atoms with Crippen LogP contribution in [0.25, 0.3) is 0 Å². The lowest BCUT2D eigenvalue weighted by Crippen LogP contribution is -2.41. The van der Waals surface area contributed by atoms with E-state index in [4.69, 9.17) is 5.73 Å². The van der Waals surface area contributed by atoms with Gasteiger partial charge in [0.15, 0.2) is 0 Å². The summed E-state index contributed by atoms with van der Waals surface area (Å²) in [6, 6.07) is 7.89. The summed E-state index contributed by atoms with van der Waals surface area (Å²) in [6.45, 7) is 2.06. The van der Waals surface area contributed by atoms with Crippen molar-refractivity contribution in [3.05, 3.63) is 29.8 Å². The van der Waals surface area contributed by atoms with Crippen molar-refractivity contribution in [2.75, 3.05) is 5.32 Å². The highest BCUT2D eigenvalue weighted by Gasteiger charge is 2.26. The molecule has 1 atom stereocenters. The monoisotopic (exact) mass is 260 g/mol. The normalized spacial score (nSPS) is 18.6. The van der Waals surface area contributed by atoms with Crippen molar-refractivity contribution in [2.45, 2.75) is 51.5 Å². The molecule has 0 heterocycles. The lowest BCUT2D eigenvalue weighted by Gasteiger charge is -2.25. The maximum absolute atomic E-state index is 11.7. The number of hydrogen-bond donors (Lipinski definition) is 2. The molecule has 1 aliphatic carbocycles. The first-order valence-corrected chi connectivity index (χ1v) is 7.29. The molecule has 0 radical (unpaired) electrons. The van der Waals surface area contributed by atoms with E-state index in [9.17, 15) is 4.79 Å². The topological polar surface area (TPSA) is 55.1 Å². The van der Waals surface area contributed by atoms with Gasteiger partial charge < -0.3 is 11.1 Å². The molecular formula is C16H24N2O. The summed E-state index contributed by atoms with van der Waals surface area (Å²) in [4.78, 5) is 11.7. The third kappa shape index (κ3) is 3.98. The Hall–Kier alpha value is -1.51. The highest BCUT2D eigenvalue weighted by Crippen LogP contribution is 2.27. The Balaban J connectivity index is 2.06. The minimum atomic E-state index is -0.235. The van der Waals surface area contributed by atoms with E-state index in [1.54, 1.807) is 0 Å². The number of anilines is 1. The first-order valence-electron chi connectivity index (χ1n) is 7.29. The van der Waals surface area contributed by atoms with Gasteiger partial charge in [-0.15, -0.1) is 0 Å². The molecule has 1 amide bonds. The number of hydrogen-bond acceptors (Lipinski definition) is 2. The second-order valence-electron chi connectivity index (χ2n) is 5.64. The van der Waals surface area contributed by atoms with Crippen LogP contribution >= 0.6 is 0 Å². The van der Waals surface area contributed by atoms with Gasteiger partial charge in [-0.2, -0.15) is 0 Å². The lowest BCUT2D eigenvalue weighted by atomic mass is 9.91. The average Bonchev–Trinajstić information content (AvgIpc) is 2.66. The Labute approximate surface area is 115 Å². The first kappa shape index (κ1) is 13.9. The molecule has 1 saturated carbocycles. The van der Waals surface area contributed by atoms with E-state index in [0.29, 0.717) is 5.92 Å². The molecule has 1 aliphatic rings. The molecule has 19 heavy (non-hydrogen) atoms. The number of rotatable bonds is 4. The quantitative estimate of drug-likeness (QED) is 0.817. The molecule has 3 nitrogen and oxygen atoms in total. The smallest absolute Gasteiger partial charge is 0.240 e. The van der Waals surface area contributed by atoms with Crippen LogP contribution in [0.4, 0.5) is 5.69 Å². The zero-order chi connectivity index (χ0) is 13.7. The minimum absolute atomic E-state index is 0.229. The molecule has 0 aromatic heterocycles. The van der Waals surface area contributed by atoms with Gasteiger partial charge in [-0.1, -0.05) is 43.4 Å². The molecule has 1 unspecified atom stereocenters. The summed E-state index contributed by atoms with van der Waals surface area (Å²) in [6.07, 6.45) is 7.20. The van der Waals surface area contributed by atoms with Crippen LogP contribution in [-0.2, 0) is 4.79 Å². The number of amides is 1. The SMILES string of the molecule is Cc1ccc(NC(C(N)=O)C2CCCCCC2)cc1. The van der Waals surface area contributed by atoms with E-state index in [2.05, 4.69) is 12.2 Å². The molecular weight excluding hydrogens is 236 g/mol. The van der Waals surface area contributed by atoms with Crippen LogP contribution < -0.4 is 11.1 Å². The number of benzene rings is 1. The summed E-state index contributed by atoms with van der Waals surface area (Å²) in [7, 11) is 0. The van der Waals surface area contributed by atoms with Crippen molar-refractivity contribution in [3.8, 4) is 0 Å². The van der Waals surface area contributed by atoms with Gasteiger partial charge >= 0.3 is 0 Å². The highest BCUT2D eigenvalue weighted by molar-refractivity contribution is 5.83. The van der Waals surface area contributed by atoms with Crippen LogP contribution in [0.1, 0.15) is 44.1 Å². The van der Waals surface area contributed by atoms with E-state index in [0.717, 1.165) is 18.5 Å². The molecule has 3 N–H and O–H groups in total. The predicted molar refractivity (Wildman–Crippen MR) is 79.0 cm³/mol. The van der Waals surface area contributed by atoms with Crippen LogP contribution in [0.15, 0.2) is 24.3 Å². The molecule has 0 aliphatic heterocycles. The van der Waals surface area contributed by atoms with E-state index < -0.39 is 0 Å². The van der Waals surface area contributed by atoms with Crippen LogP contribution in [0.2, 0.25) is 0 Å². The van der Waals surface area contributed by atoms with E-state index in [1.165, 1.54) is 31.2 Å². The summed E-state index contributed by atoms with van der Waals surface area (Å²) < 4.78 is 0. The summed E-state index contributed by atoms with van der Waals surface area (Å²) in [5, 5.41) is 3.33. The van der Waals surface area contributed by atoms with Crippen molar-refractivity contribution >= 4 is 11.6 Å². The molecule has 0 spiro atoms. The van der Waals surface area contributed by atoms with Gasteiger partial charge in [0.2, 0.25) is 5.91 Å². The Bertz CT molecular complexity index is 405. The van der Waals surface area contributed by atoms with Crippen molar-refractivity contribution in [1.82, 2.24) is 0 Å². The first-order chi connectivity index (χ1) is 9.16. The third-order valence-corrected chi connectivity index (χ3v) is 4.05. The summed E-state index contributed by atoms with van der Waals surface area (Å²) >= 11 is 0. The number of aryl methyl sites for hydroxylation is 1. The van der Waals surface area contributed by atoms with Crippen LogP contribution in [0.3, 0.4) is 0 Å². The number of carbonyl (C=O) groups is 1. The second kappa shape index (κ2) is 6.60. The Morgan fingerprint density at radius 3 is 2.26 bits per heavy atom. The van der Waals surface area contributed by atoms with Crippen LogP contribution in [0, 0.1) is 12.8 Å². The maximum atomic E-state index is 11.7. The predicted octanol–water partition coefficient (Wildman–Crippen LogP) is 3.23. The summed E-state index contributed by atoms with van der Waals surface area (Å²) in [5.74, 6) is 0.147. The highest BCUT2D eigenvalue weighted by atomic mass is 16.1. The Morgan fingerprint density at radius 1 is 1.16 bits per heavy atom. The molecule has 3 heteroatoms. The van der Waals surface area contributed by atoms with Gasteiger partial charge in [0.25, 0.3) is 0 Å². The fourth-order valence-electron chi connectivity index (χ4n) is 2.89. The van der Waals surface area contributed by atoms with Crippen molar-refractivity contribution < 1.29 is 4.79 Å². The molecule has 0 bridgehead atoms. The van der Waals surface area contributed by atoms with Crippen molar-refractivity contribution in [3.63, 3.8) is 0 Å². The molecule has 1 fully saturated rings. The fraction of sp³-hybridized carbons (Fsp3) is 0.562. The van der Waals surface area contributed by atoms with Gasteiger partial charge in [-0.05, 0) is 37.8 Å². The van der Waals surface area contributed by atoms with Gasteiger partial charge in [-0.25, -0.2) is 0 Å². The molecule has 1 aromatic carbocycles. The van der Waals surface area contributed by atoms with Crippen molar-refractivity contribution in [1.29, 1.82) is 0 Å². The average molecular weight is 260 g/mol. The minimum Gasteiger partial charge on any atom is -0.373 e. The molecule has 1 aromatic rings. The molecule has 0 saturated heterocycles. The van der Waals surface area contributed by atoms with Gasteiger partial charge in [-0.3, -0.25) is 4.79 Å². The van der Waals surface area contributed by atoms with E-state index >= 15 is 0 Å². The lowest BCUT2D eigenvalue weighted by molar-refractivity contribution is -0.119. The molecule has 104 valence electrons. The number of carbonyl (C=O) groups excluding carboxylic acids is 1.